The van der Waals surface area contributed by atoms with Crippen LogP contribution in [0.25, 0.3) is 0 Å². The van der Waals surface area contributed by atoms with Crippen LogP contribution in [-0.2, 0) is 9.53 Å². The van der Waals surface area contributed by atoms with Crippen molar-refractivity contribution in [2.24, 2.45) is 0 Å². The van der Waals surface area contributed by atoms with Gasteiger partial charge in [0.15, 0.2) is 0 Å². The van der Waals surface area contributed by atoms with E-state index in [1.54, 1.807) is 30.0 Å². The van der Waals surface area contributed by atoms with Crippen molar-refractivity contribution in [3.05, 3.63) is 23.8 Å². The number of nitrogens with one attached hydrogen (secondary N) is 1. The predicted molar refractivity (Wildman–Crippen MR) is 72.0 cm³/mol. The van der Waals surface area contributed by atoms with Gasteiger partial charge in [0, 0.05) is 13.1 Å². The van der Waals surface area contributed by atoms with Crippen molar-refractivity contribution in [3.8, 4) is 0 Å². The van der Waals surface area contributed by atoms with Gasteiger partial charge in [-0.2, -0.15) is 0 Å². The molecule has 0 aliphatic carbocycles. The summed E-state index contributed by atoms with van der Waals surface area (Å²) in [5.74, 6) is -0.500. The molecule has 0 aromatic heterocycles. The van der Waals surface area contributed by atoms with Crippen LogP contribution in [0.2, 0.25) is 0 Å². The number of carbonyl (C=O) groups excluding carboxylic acids is 2. The third-order valence-corrected chi connectivity index (χ3v) is 2.92. The molecular weight excluding hydrogens is 246 g/mol. The monoisotopic (exact) mass is 263 g/mol. The second kappa shape index (κ2) is 5.60. The number of hydrogen-bond donors (Lipinski definition) is 2. The van der Waals surface area contributed by atoms with Crippen molar-refractivity contribution in [1.29, 1.82) is 0 Å². The molecule has 0 radical (unpaired) electrons. The van der Waals surface area contributed by atoms with Crippen LogP contribution in [0.4, 0.5) is 11.4 Å². The molecule has 0 spiro atoms. The van der Waals surface area contributed by atoms with Crippen molar-refractivity contribution in [1.82, 2.24) is 5.32 Å². The highest BCUT2D eigenvalue weighted by Crippen LogP contribution is 2.29. The first kappa shape index (κ1) is 13.2. The summed E-state index contributed by atoms with van der Waals surface area (Å²) in [5, 5.41) is 2.74. The largest absolute Gasteiger partial charge is 0.462 e. The van der Waals surface area contributed by atoms with Gasteiger partial charge in [-0.05, 0) is 19.1 Å². The molecule has 1 amide bonds. The average Bonchev–Trinajstić information content (AvgIpc) is 2.38. The maximum absolute atomic E-state index is 11.9. The SMILES string of the molecule is CCOC(=O)c1cccc(N)c1N1CCNC(=O)C1. The van der Waals surface area contributed by atoms with Crippen molar-refractivity contribution >= 4 is 23.3 Å². The molecule has 1 heterocycles. The number of ether oxygens (including phenoxy) is 1. The van der Waals surface area contributed by atoms with Crippen LogP contribution in [0.3, 0.4) is 0 Å². The number of nitrogen functional groups attached to an aromatic ring is 1. The molecule has 19 heavy (non-hydrogen) atoms. The molecule has 1 saturated heterocycles. The van der Waals surface area contributed by atoms with Crippen LogP contribution in [0.1, 0.15) is 17.3 Å². The number of para-hydroxylation sites is 1. The van der Waals surface area contributed by atoms with E-state index >= 15 is 0 Å². The summed E-state index contributed by atoms with van der Waals surface area (Å²) in [6.07, 6.45) is 0. The number of nitrogens with two attached hydrogens (primary N) is 1. The lowest BCUT2D eigenvalue weighted by Crippen LogP contribution is -2.48. The quantitative estimate of drug-likeness (QED) is 0.608. The Balaban J connectivity index is 2.37. The molecule has 1 aliphatic rings. The van der Waals surface area contributed by atoms with Crippen molar-refractivity contribution in [2.75, 3.05) is 36.9 Å². The minimum Gasteiger partial charge on any atom is -0.462 e. The lowest BCUT2D eigenvalue weighted by molar-refractivity contribution is -0.120. The Morgan fingerprint density at radius 1 is 1.53 bits per heavy atom. The Bertz CT molecular complexity index is 502. The minimum absolute atomic E-state index is 0.0793. The van der Waals surface area contributed by atoms with Crippen molar-refractivity contribution < 1.29 is 14.3 Å². The van der Waals surface area contributed by atoms with Gasteiger partial charge >= 0.3 is 5.97 Å². The van der Waals surface area contributed by atoms with Crippen LogP contribution in [0, 0.1) is 0 Å². The fourth-order valence-electron chi connectivity index (χ4n) is 2.12. The van der Waals surface area contributed by atoms with Crippen LogP contribution < -0.4 is 16.0 Å². The topological polar surface area (TPSA) is 84.7 Å². The maximum atomic E-state index is 11.9. The fourth-order valence-corrected chi connectivity index (χ4v) is 2.12. The zero-order valence-corrected chi connectivity index (χ0v) is 10.8. The normalized spacial score (nSPS) is 15.0. The molecular formula is C13H17N3O3. The van der Waals surface area contributed by atoms with E-state index in [1.165, 1.54) is 0 Å². The first-order valence-electron chi connectivity index (χ1n) is 6.20. The Kier molecular flexibility index (Phi) is 3.89. The summed E-state index contributed by atoms with van der Waals surface area (Å²) >= 11 is 0. The molecule has 1 aromatic rings. The molecule has 1 aliphatic heterocycles. The predicted octanol–water partition coefficient (Wildman–Crippen LogP) is 0.382. The van der Waals surface area contributed by atoms with Gasteiger partial charge < -0.3 is 20.7 Å². The van der Waals surface area contributed by atoms with E-state index in [0.29, 0.717) is 36.6 Å². The zero-order chi connectivity index (χ0) is 13.8. The highest BCUT2D eigenvalue weighted by molar-refractivity contribution is 6.00. The summed E-state index contributed by atoms with van der Waals surface area (Å²) < 4.78 is 5.02. The first-order chi connectivity index (χ1) is 9.13. The zero-order valence-electron chi connectivity index (χ0n) is 10.8. The third kappa shape index (κ3) is 2.78. The summed E-state index contributed by atoms with van der Waals surface area (Å²) in [7, 11) is 0. The van der Waals surface area contributed by atoms with E-state index in [4.69, 9.17) is 10.5 Å². The van der Waals surface area contributed by atoms with Gasteiger partial charge in [0.25, 0.3) is 0 Å². The number of amides is 1. The highest BCUT2D eigenvalue weighted by atomic mass is 16.5. The molecule has 3 N–H and O–H groups in total. The van der Waals surface area contributed by atoms with Gasteiger partial charge in [-0.1, -0.05) is 6.07 Å². The maximum Gasteiger partial charge on any atom is 0.340 e. The Morgan fingerprint density at radius 3 is 3.00 bits per heavy atom. The van der Waals surface area contributed by atoms with E-state index < -0.39 is 5.97 Å². The average molecular weight is 263 g/mol. The summed E-state index contributed by atoms with van der Waals surface area (Å²) in [6, 6.07) is 5.08. The van der Waals surface area contributed by atoms with Gasteiger partial charge in [-0.15, -0.1) is 0 Å². The molecule has 1 fully saturated rings. The van der Waals surface area contributed by atoms with Gasteiger partial charge in [-0.25, -0.2) is 4.79 Å². The molecule has 6 heteroatoms. The number of esters is 1. The van der Waals surface area contributed by atoms with E-state index in [2.05, 4.69) is 5.32 Å². The van der Waals surface area contributed by atoms with Crippen molar-refractivity contribution in [2.45, 2.75) is 6.92 Å². The fraction of sp³-hybridized carbons (Fsp3) is 0.385. The Morgan fingerprint density at radius 2 is 2.32 bits per heavy atom. The molecule has 0 unspecified atom stereocenters. The molecule has 1 aromatic carbocycles. The van der Waals surface area contributed by atoms with Gasteiger partial charge in [0.1, 0.15) is 0 Å². The Hall–Kier alpha value is -2.24. The van der Waals surface area contributed by atoms with Gasteiger partial charge in [0.05, 0.1) is 30.1 Å². The summed E-state index contributed by atoms with van der Waals surface area (Å²) in [5.41, 5.74) is 7.40. The summed E-state index contributed by atoms with van der Waals surface area (Å²) in [4.78, 5) is 25.2. The molecule has 0 bridgehead atoms. The number of benzene rings is 1. The summed E-state index contributed by atoms with van der Waals surface area (Å²) in [6.45, 7) is 3.40. The van der Waals surface area contributed by atoms with Crippen LogP contribution in [0.5, 0.6) is 0 Å². The standard InChI is InChI=1S/C13H17N3O3/c1-2-19-13(18)9-4-3-5-10(14)12(9)16-7-6-15-11(17)8-16/h3-5H,2,6-8,14H2,1H3,(H,15,17). The second-order valence-corrected chi connectivity index (χ2v) is 4.24. The number of nitrogens with zero attached hydrogens (tertiary/aromatic N) is 1. The highest BCUT2D eigenvalue weighted by Gasteiger charge is 2.24. The van der Waals surface area contributed by atoms with Crippen LogP contribution in [0.15, 0.2) is 18.2 Å². The molecule has 0 atom stereocenters. The molecule has 102 valence electrons. The molecule has 6 nitrogen and oxygen atoms in total. The van der Waals surface area contributed by atoms with Crippen LogP contribution >= 0.6 is 0 Å². The molecule has 0 saturated carbocycles. The lowest BCUT2D eigenvalue weighted by atomic mass is 10.1. The number of hydrogen-bond acceptors (Lipinski definition) is 5. The first-order valence-corrected chi connectivity index (χ1v) is 6.20. The second-order valence-electron chi connectivity index (χ2n) is 4.24. The number of carbonyl (C=O) groups is 2. The lowest BCUT2D eigenvalue weighted by Gasteiger charge is -2.30. The van der Waals surface area contributed by atoms with E-state index in [-0.39, 0.29) is 12.5 Å². The van der Waals surface area contributed by atoms with E-state index in [9.17, 15) is 9.59 Å². The number of piperazine rings is 1. The molecule has 2 rings (SSSR count). The number of anilines is 2. The number of rotatable bonds is 3. The van der Waals surface area contributed by atoms with Gasteiger partial charge in [-0.3, -0.25) is 4.79 Å². The van der Waals surface area contributed by atoms with Crippen molar-refractivity contribution in [3.63, 3.8) is 0 Å². The van der Waals surface area contributed by atoms with E-state index in [1.807, 2.05) is 0 Å². The van der Waals surface area contributed by atoms with Crippen LogP contribution in [-0.4, -0.2) is 38.1 Å². The minimum atomic E-state index is -0.421. The van der Waals surface area contributed by atoms with E-state index in [0.717, 1.165) is 0 Å². The Labute approximate surface area is 111 Å². The smallest absolute Gasteiger partial charge is 0.340 e. The van der Waals surface area contributed by atoms with Gasteiger partial charge in [0.2, 0.25) is 5.91 Å². The third-order valence-electron chi connectivity index (χ3n) is 2.92.